The van der Waals surface area contributed by atoms with Crippen LogP contribution >= 0.6 is 0 Å². The highest BCUT2D eigenvalue weighted by Crippen LogP contribution is 2.16. The Labute approximate surface area is 135 Å². The number of hydrogen-bond acceptors (Lipinski definition) is 3. The fourth-order valence-electron chi connectivity index (χ4n) is 2.73. The number of aromatic nitrogens is 1. The van der Waals surface area contributed by atoms with Crippen molar-refractivity contribution in [3.8, 4) is 0 Å². The van der Waals surface area contributed by atoms with E-state index in [0.717, 1.165) is 5.56 Å². The van der Waals surface area contributed by atoms with Crippen molar-refractivity contribution in [2.45, 2.75) is 18.3 Å². The molecule has 1 atom stereocenters. The van der Waals surface area contributed by atoms with Gasteiger partial charge in [0.1, 0.15) is 5.69 Å². The fraction of sp³-hybridized carbons (Fsp3) is 0.312. The first-order valence-corrected chi connectivity index (χ1v) is 9.05. The summed E-state index contributed by atoms with van der Waals surface area (Å²) in [6.07, 6.45) is 1.84. The molecule has 1 N–H and O–H groups in total. The molecule has 1 aromatic carbocycles. The maximum Gasteiger partial charge on any atom is 0.270 e. The quantitative estimate of drug-likeness (QED) is 0.889. The van der Waals surface area contributed by atoms with Crippen molar-refractivity contribution in [1.82, 2.24) is 14.2 Å². The van der Waals surface area contributed by atoms with Crippen LogP contribution in [0, 0.1) is 0 Å². The number of sulfonamides is 1. The van der Waals surface area contributed by atoms with Crippen LogP contribution in [0.5, 0.6) is 0 Å². The maximum atomic E-state index is 12.2. The highest BCUT2D eigenvalue weighted by atomic mass is 32.2. The standard InChI is InChI=1S/C16H19N3O3S/c1-18-14(11-19-9-5-8-15(19)16(18)20)10-17-23(21,22)12-13-6-3-2-4-7-13/h2-9,14,17H,10-12H2,1H3. The first-order chi connectivity index (χ1) is 11.0. The number of amides is 1. The minimum atomic E-state index is -3.44. The van der Waals surface area contributed by atoms with Crippen LogP contribution in [0.1, 0.15) is 16.1 Å². The zero-order valence-corrected chi connectivity index (χ0v) is 13.7. The van der Waals surface area contributed by atoms with Crippen molar-refractivity contribution in [1.29, 1.82) is 0 Å². The molecule has 0 saturated carbocycles. The highest BCUT2D eigenvalue weighted by Gasteiger charge is 2.30. The molecule has 1 unspecified atom stereocenters. The predicted molar refractivity (Wildman–Crippen MR) is 87.4 cm³/mol. The Morgan fingerprint density at radius 3 is 2.65 bits per heavy atom. The lowest BCUT2D eigenvalue weighted by Gasteiger charge is -2.33. The van der Waals surface area contributed by atoms with Crippen molar-refractivity contribution < 1.29 is 13.2 Å². The number of benzene rings is 1. The molecule has 0 spiro atoms. The van der Waals surface area contributed by atoms with Gasteiger partial charge in [0, 0.05) is 26.3 Å². The van der Waals surface area contributed by atoms with Crippen LogP contribution in [0.15, 0.2) is 48.7 Å². The molecule has 0 bridgehead atoms. The number of likely N-dealkylation sites (N-methyl/N-ethyl adjacent to an activating group) is 1. The summed E-state index contributed by atoms with van der Waals surface area (Å²) in [5, 5.41) is 0. The number of nitrogens with zero attached hydrogens (tertiary/aromatic N) is 2. The monoisotopic (exact) mass is 333 g/mol. The van der Waals surface area contributed by atoms with Gasteiger partial charge >= 0.3 is 0 Å². The van der Waals surface area contributed by atoms with Crippen LogP contribution in [0.4, 0.5) is 0 Å². The van der Waals surface area contributed by atoms with Gasteiger partial charge in [-0.3, -0.25) is 4.79 Å². The first-order valence-electron chi connectivity index (χ1n) is 7.40. The second-order valence-corrected chi connectivity index (χ2v) is 7.52. The van der Waals surface area contributed by atoms with E-state index < -0.39 is 10.0 Å². The largest absolute Gasteiger partial charge is 0.341 e. The molecule has 2 heterocycles. The number of carbonyl (C=O) groups is 1. The minimum Gasteiger partial charge on any atom is -0.341 e. The minimum absolute atomic E-state index is 0.0625. The average molecular weight is 333 g/mol. The molecule has 23 heavy (non-hydrogen) atoms. The topological polar surface area (TPSA) is 71.4 Å². The molecule has 0 saturated heterocycles. The molecule has 1 aliphatic rings. The Balaban J connectivity index is 1.65. The molecule has 0 aliphatic carbocycles. The van der Waals surface area contributed by atoms with Crippen LogP contribution in [0.3, 0.4) is 0 Å². The smallest absolute Gasteiger partial charge is 0.270 e. The average Bonchev–Trinajstić information content (AvgIpc) is 2.98. The molecule has 7 heteroatoms. The Morgan fingerprint density at radius 1 is 1.17 bits per heavy atom. The van der Waals surface area contributed by atoms with Gasteiger partial charge < -0.3 is 9.47 Å². The fourth-order valence-corrected chi connectivity index (χ4v) is 3.91. The van der Waals surface area contributed by atoms with Gasteiger partial charge in [0.05, 0.1) is 11.8 Å². The summed E-state index contributed by atoms with van der Waals surface area (Å²) < 4.78 is 28.9. The molecule has 1 aromatic heterocycles. The zero-order chi connectivity index (χ0) is 16.4. The lowest BCUT2D eigenvalue weighted by Crippen LogP contribution is -2.50. The summed E-state index contributed by atoms with van der Waals surface area (Å²) in [6.45, 7) is 0.785. The molecule has 3 rings (SSSR count). The number of nitrogens with one attached hydrogen (secondary N) is 1. The highest BCUT2D eigenvalue weighted by molar-refractivity contribution is 7.88. The van der Waals surface area contributed by atoms with Crippen LogP contribution in [-0.2, 0) is 22.3 Å². The van der Waals surface area contributed by atoms with Crippen LogP contribution in [-0.4, -0.2) is 43.4 Å². The second-order valence-electron chi connectivity index (χ2n) is 5.71. The summed E-state index contributed by atoms with van der Waals surface area (Å²) in [5.41, 5.74) is 1.37. The Bertz CT molecular complexity index is 799. The van der Waals surface area contributed by atoms with Crippen LogP contribution < -0.4 is 4.72 Å². The lowest BCUT2D eigenvalue weighted by molar-refractivity contribution is 0.0661. The van der Waals surface area contributed by atoms with Crippen molar-refractivity contribution >= 4 is 15.9 Å². The van der Waals surface area contributed by atoms with E-state index in [1.165, 1.54) is 0 Å². The van der Waals surface area contributed by atoms with Crippen molar-refractivity contribution in [3.63, 3.8) is 0 Å². The van der Waals surface area contributed by atoms with E-state index in [1.54, 1.807) is 30.1 Å². The molecule has 0 radical (unpaired) electrons. The van der Waals surface area contributed by atoms with E-state index in [9.17, 15) is 13.2 Å². The van der Waals surface area contributed by atoms with E-state index in [0.29, 0.717) is 12.2 Å². The van der Waals surface area contributed by atoms with Crippen molar-refractivity contribution in [2.75, 3.05) is 13.6 Å². The summed E-state index contributed by atoms with van der Waals surface area (Å²) in [6, 6.07) is 12.4. The molecular formula is C16H19N3O3S. The van der Waals surface area contributed by atoms with E-state index in [4.69, 9.17) is 0 Å². The van der Waals surface area contributed by atoms with Gasteiger partial charge in [0.25, 0.3) is 5.91 Å². The number of carbonyl (C=O) groups excluding carboxylic acids is 1. The lowest BCUT2D eigenvalue weighted by atomic mass is 10.2. The predicted octanol–water partition coefficient (Wildman–Crippen LogP) is 1.06. The molecule has 1 aliphatic heterocycles. The second kappa shape index (κ2) is 6.17. The van der Waals surface area contributed by atoms with Gasteiger partial charge in [-0.2, -0.15) is 0 Å². The number of fused-ring (bicyclic) bond motifs is 1. The van der Waals surface area contributed by atoms with E-state index in [2.05, 4.69) is 4.72 Å². The Morgan fingerprint density at radius 2 is 1.91 bits per heavy atom. The molecule has 0 fully saturated rings. The normalized spacial score (nSPS) is 18.0. The van der Waals surface area contributed by atoms with Gasteiger partial charge in [-0.25, -0.2) is 13.1 Å². The van der Waals surface area contributed by atoms with Crippen LogP contribution in [0.2, 0.25) is 0 Å². The summed E-state index contributed by atoms with van der Waals surface area (Å²) in [4.78, 5) is 13.8. The summed E-state index contributed by atoms with van der Waals surface area (Å²) in [7, 11) is -1.73. The van der Waals surface area contributed by atoms with E-state index >= 15 is 0 Å². The molecule has 6 nitrogen and oxygen atoms in total. The Hall–Kier alpha value is -2.12. The zero-order valence-electron chi connectivity index (χ0n) is 12.8. The third kappa shape index (κ3) is 3.46. The summed E-state index contributed by atoms with van der Waals surface area (Å²) >= 11 is 0. The van der Waals surface area contributed by atoms with Crippen molar-refractivity contribution in [3.05, 3.63) is 59.9 Å². The third-order valence-electron chi connectivity index (χ3n) is 4.06. The van der Waals surface area contributed by atoms with Gasteiger partial charge in [0.15, 0.2) is 0 Å². The number of rotatable bonds is 5. The van der Waals surface area contributed by atoms with Gasteiger partial charge in [-0.15, -0.1) is 0 Å². The van der Waals surface area contributed by atoms with Crippen LogP contribution in [0.25, 0.3) is 0 Å². The van der Waals surface area contributed by atoms with E-state index in [-0.39, 0.29) is 24.2 Å². The molecular weight excluding hydrogens is 314 g/mol. The number of hydrogen-bond donors (Lipinski definition) is 1. The SMILES string of the molecule is CN1C(=O)c2cccn2CC1CNS(=O)(=O)Cc1ccccc1. The first kappa shape index (κ1) is 15.8. The Kier molecular flexibility index (Phi) is 4.23. The molecule has 2 aromatic rings. The molecule has 122 valence electrons. The van der Waals surface area contributed by atoms with Gasteiger partial charge in [-0.1, -0.05) is 30.3 Å². The molecule has 1 amide bonds. The summed E-state index contributed by atoms with van der Waals surface area (Å²) in [5.74, 6) is -0.152. The third-order valence-corrected chi connectivity index (χ3v) is 5.38. The van der Waals surface area contributed by atoms with E-state index in [1.807, 2.05) is 35.0 Å². The maximum absolute atomic E-state index is 12.2. The van der Waals surface area contributed by atoms with Crippen molar-refractivity contribution in [2.24, 2.45) is 0 Å². The van der Waals surface area contributed by atoms with Gasteiger partial charge in [0.2, 0.25) is 10.0 Å². The van der Waals surface area contributed by atoms with Gasteiger partial charge in [-0.05, 0) is 17.7 Å².